The lowest BCUT2D eigenvalue weighted by molar-refractivity contribution is 0.0955. The number of benzene rings is 2. The minimum Gasteiger partial charge on any atom is -0.494 e. The van der Waals surface area contributed by atoms with Gasteiger partial charge in [0.25, 0.3) is 5.91 Å². The zero-order valence-electron chi connectivity index (χ0n) is 15.2. The molecule has 28 heavy (non-hydrogen) atoms. The summed E-state index contributed by atoms with van der Waals surface area (Å²) in [4.78, 5) is 14.5. The van der Waals surface area contributed by atoms with Crippen molar-refractivity contribution in [3.05, 3.63) is 64.5 Å². The molecule has 0 aliphatic carbocycles. The molecule has 0 aromatic heterocycles. The predicted octanol–water partition coefficient (Wildman–Crippen LogP) is 4.29. The van der Waals surface area contributed by atoms with Crippen LogP contribution in [0.4, 0.5) is 11.4 Å². The number of rotatable bonds is 10. The molecule has 3 N–H and O–H groups in total. The molecule has 0 unspecified atom stereocenters. The van der Waals surface area contributed by atoms with E-state index in [1.165, 1.54) is 0 Å². The molecule has 0 bridgehead atoms. The Kier molecular flexibility index (Phi) is 10.7. The molecule has 2 aromatic carbocycles. The molecule has 0 heterocycles. The van der Waals surface area contributed by atoms with Gasteiger partial charge in [0, 0.05) is 30.1 Å². The number of hydrogen-bond donors (Lipinski definition) is 2. The predicted molar refractivity (Wildman–Crippen MR) is 110 cm³/mol. The molecule has 10 heteroatoms. The normalized spacial score (nSPS) is 10.0. The highest BCUT2D eigenvalue weighted by molar-refractivity contribution is 5.94. The Morgan fingerprint density at radius 3 is 2.25 bits per heavy atom. The van der Waals surface area contributed by atoms with Gasteiger partial charge in [0.05, 0.1) is 18.0 Å². The van der Waals surface area contributed by atoms with Crippen molar-refractivity contribution in [1.29, 1.82) is 0 Å². The molecular formula is C18H22ClN7O2. The second-order valence-corrected chi connectivity index (χ2v) is 5.44. The highest BCUT2D eigenvalue weighted by Gasteiger charge is 2.03. The number of hydrogen-bond acceptors (Lipinski definition) is 6. The monoisotopic (exact) mass is 403 g/mol. The van der Waals surface area contributed by atoms with Crippen LogP contribution in [0, 0.1) is 0 Å². The number of halogens is 1. The number of ether oxygens (including phenoxy) is 1. The molecule has 0 saturated heterocycles. The zero-order valence-corrected chi connectivity index (χ0v) is 16.0. The van der Waals surface area contributed by atoms with E-state index < -0.39 is 0 Å². The van der Waals surface area contributed by atoms with Gasteiger partial charge in [-0.15, -0.1) is 12.4 Å². The number of azo groups is 1. The first-order valence-electron chi connectivity index (χ1n) is 8.46. The zero-order chi connectivity index (χ0) is 19.3. The lowest BCUT2D eigenvalue weighted by Crippen LogP contribution is -2.28. The van der Waals surface area contributed by atoms with Crippen LogP contribution in [0.2, 0.25) is 0 Å². The van der Waals surface area contributed by atoms with Gasteiger partial charge in [-0.25, -0.2) is 0 Å². The third kappa shape index (κ3) is 8.05. The van der Waals surface area contributed by atoms with Crippen molar-refractivity contribution in [3.8, 4) is 5.75 Å². The first-order chi connectivity index (χ1) is 13.2. The maximum atomic E-state index is 11.8. The summed E-state index contributed by atoms with van der Waals surface area (Å²) >= 11 is 0. The van der Waals surface area contributed by atoms with Gasteiger partial charge in [0.1, 0.15) is 5.75 Å². The molecule has 2 rings (SSSR count). The Balaban J connectivity index is 0.00000392. The van der Waals surface area contributed by atoms with Crippen molar-refractivity contribution in [1.82, 2.24) is 5.32 Å². The lowest BCUT2D eigenvalue weighted by atomic mass is 10.2. The van der Waals surface area contributed by atoms with Crippen LogP contribution >= 0.6 is 12.4 Å². The maximum absolute atomic E-state index is 11.8. The van der Waals surface area contributed by atoms with E-state index in [0.717, 1.165) is 0 Å². The number of nitrogens with two attached hydrogens (primary N) is 1. The van der Waals surface area contributed by atoms with Crippen molar-refractivity contribution in [2.45, 2.75) is 6.42 Å². The van der Waals surface area contributed by atoms with Crippen LogP contribution in [0.5, 0.6) is 5.75 Å². The molecule has 0 aliphatic rings. The fourth-order valence-electron chi connectivity index (χ4n) is 2.06. The lowest BCUT2D eigenvalue weighted by Gasteiger charge is -2.04. The summed E-state index contributed by atoms with van der Waals surface area (Å²) in [5.74, 6) is 0.543. The van der Waals surface area contributed by atoms with Crippen LogP contribution in [0.1, 0.15) is 16.8 Å². The summed E-state index contributed by atoms with van der Waals surface area (Å²) in [6, 6.07) is 14.0. The third-order valence-corrected chi connectivity index (χ3v) is 3.41. The highest BCUT2D eigenvalue weighted by atomic mass is 35.5. The fraction of sp³-hybridized carbons (Fsp3) is 0.278. The van der Waals surface area contributed by atoms with Gasteiger partial charge in [-0.3, -0.25) is 4.79 Å². The average molecular weight is 404 g/mol. The highest BCUT2D eigenvalue weighted by Crippen LogP contribution is 2.21. The van der Waals surface area contributed by atoms with Gasteiger partial charge in [-0.2, -0.15) is 10.2 Å². The minimum absolute atomic E-state index is 0. The number of amides is 1. The molecule has 0 spiro atoms. The van der Waals surface area contributed by atoms with Crippen molar-refractivity contribution >= 4 is 29.7 Å². The molecular weight excluding hydrogens is 382 g/mol. The molecule has 0 atom stereocenters. The number of nitrogens with zero attached hydrogens (tertiary/aromatic N) is 5. The van der Waals surface area contributed by atoms with Crippen LogP contribution in [-0.2, 0) is 0 Å². The largest absolute Gasteiger partial charge is 0.494 e. The SMILES string of the molecule is Cl.[N-]=[N+]=NCCCOc1ccc(N=Nc2ccc(C(=O)NCCN)cc2)cc1. The second-order valence-electron chi connectivity index (χ2n) is 5.44. The van der Waals surface area contributed by atoms with E-state index in [1.807, 2.05) is 0 Å². The van der Waals surface area contributed by atoms with E-state index in [9.17, 15) is 4.79 Å². The standard InChI is InChI=1S/C18H21N7O2.ClH/c19-10-12-21-18(26)14-2-4-15(5-3-14)23-24-16-6-8-17(9-7-16)27-13-1-11-22-25-20;/h2-9H,1,10-13,19H2,(H,21,26);1H. The Labute approximate surface area is 169 Å². The van der Waals surface area contributed by atoms with Gasteiger partial charge in [0.15, 0.2) is 0 Å². The van der Waals surface area contributed by atoms with Crippen molar-refractivity contribution < 1.29 is 9.53 Å². The van der Waals surface area contributed by atoms with Gasteiger partial charge in [-0.05, 0) is 60.5 Å². The quantitative estimate of drug-likeness (QED) is 0.264. The summed E-state index contributed by atoms with van der Waals surface area (Å²) in [6.45, 7) is 1.73. The number of carbonyl (C=O) groups is 1. The van der Waals surface area contributed by atoms with Gasteiger partial charge < -0.3 is 15.8 Å². The molecule has 1 amide bonds. The van der Waals surface area contributed by atoms with Crippen LogP contribution in [0.15, 0.2) is 63.9 Å². The van der Waals surface area contributed by atoms with E-state index in [0.29, 0.717) is 55.3 Å². The maximum Gasteiger partial charge on any atom is 0.251 e. The van der Waals surface area contributed by atoms with Crippen LogP contribution in [-0.4, -0.2) is 32.1 Å². The summed E-state index contributed by atoms with van der Waals surface area (Å²) < 4.78 is 5.53. The fourth-order valence-corrected chi connectivity index (χ4v) is 2.06. The number of nitrogens with one attached hydrogen (secondary N) is 1. The molecule has 0 saturated carbocycles. The van der Waals surface area contributed by atoms with E-state index >= 15 is 0 Å². The summed E-state index contributed by atoms with van der Waals surface area (Å²) in [5.41, 5.74) is 15.4. The van der Waals surface area contributed by atoms with E-state index in [1.54, 1.807) is 48.5 Å². The van der Waals surface area contributed by atoms with Crippen molar-refractivity contribution in [3.63, 3.8) is 0 Å². The first-order valence-corrected chi connectivity index (χ1v) is 8.46. The molecule has 9 nitrogen and oxygen atoms in total. The molecule has 2 aromatic rings. The minimum atomic E-state index is -0.168. The van der Waals surface area contributed by atoms with Crippen molar-refractivity contribution in [2.24, 2.45) is 21.1 Å². The van der Waals surface area contributed by atoms with Crippen molar-refractivity contribution in [2.75, 3.05) is 26.2 Å². The average Bonchev–Trinajstić information content (AvgIpc) is 2.71. The topological polar surface area (TPSA) is 138 Å². The Morgan fingerprint density at radius 1 is 1.07 bits per heavy atom. The number of azide groups is 1. The Hall–Kier alpha value is -3.13. The summed E-state index contributed by atoms with van der Waals surface area (Å²) in [6.07, 6.45) is 0.658. The smallest absolute Gasteiger partial charge is 0.251 e. The van der Waals surface area contributed by atoms with Crippen LogP contribution in [0.3, 0.4) is 0 Å². The Morgan fingerprint density at radius 2 is 1.68 bits per heavy atom. The molecule has 0 fully saturated rings. The summed E-state index contributed by atoms with van der Waals surface area (Å²) in [7, 11) is 0. The van der Waals surface area contributed by atoms with E-state index in [4.69, 9.17) is 16.0 Å². The van der Waals surface area contributed by atoms with Crippen LogP contribution < -0.4 is 15.8 Å². The molecule has 0 radical (unpaired) electrons. The van der Waals surface area contributed by atoms with Gasteiger partial charge in [0.2, 0.25) is 0 Å². The second kappa shape index (κ2) is 13.1. The van der Waals surface area contributed by atoms with E-state index in [-0.39, 0.29) is 18.3 Å². The Bertz CT molecular complexity index is 804. The van der Waals surface area contributed by atoms with Crippen LogP contribution in [0.25, 0.3) is 10.4 Å². The third-order valence-electron chi connectivity index (χ3n) is 3.41. The summed E-state index contributed by atoms with van der Waals surface area (Å²) in [5, 5.41) is 14.5. The molecule has 0 aliphatic heterocycles. The van der Waals surface area contributed by atoms with Gasteiger partial charge in [-0.1, -0.05) is 5.11 Å². The first kappa shape index (κ1) is 22.9. The van der Waals surface area contributed by atoms with Gasteiger partial charge >= 0.3 is 0 Å². The van der Waals surface area contributed by atoms with E-state index in [2.05, 4.69) is 25.6 Å². The molecule has 148 valence electrons. The number of carbonyl (C=O) groups excluding carboxylic acids is 1.